The summed E-state index contributed by atoms with van der Waals surface area (Å²) in [5, 5.41) is 0. The first-order chi connectivity index (χ1) is 7.21. The first-order valence-electron chi connectivity index (χ1n) is 3.91. The predicted octanol–water partition coefficient (Wildman–Crippen LogP) is -2.58. The average molecular weight is 286 g/mol. The molecule has 0 heterocycles. The van der Waals surface area contributed by atoms with E-state index in [4.69, 9.17) is 4.55 Å². The number of rotatable bonds is 3. The molecule has 0 spiro atoms. The van der Waals surface area contributed by atoms with Crippen LogP contribution in [0.15, 0.2) is 34.6 Å². The van der Waals surface area contributed by atoms with Crippen LogP contribution in [0.4, 0.5) is 0 Å². The van der Waals surface area contributed by atoms with Crippen molar-refractivity contribution < 1.29 is 55.5 Å². The van der Waals surface area contributed by atoms with Crippen LogP contribution in [0.2, 0.25) is 0 Å². The van der Waals surface area contributed by atoms with Crippen molar-refractivity contribution in [1.29, 1.82) is 0 Å². The molecule has 6 nitrogen and oxygen atoms in total. The summed E-state index contributed by atoms with van der Waals surface area (Å²) >= 11 is 0. The van der Waals surface area contributed by atoms with E-state index in [1.165, 1.54) is 24.3 Å². The van der Waals surface area contributed by atoms with Gasteiger partial charge in [-0.1, -0.05) is 30.3 Å². The molecule has 1 aromatic carbocycles. The van der Waals surface area contributed by atoms with Gasteiger partial charge in [0.25, 0.3) is 0 Å². The molecule has 88 valence electrons. The van der Waals surface area contributed by atoms with Gasteiger partial charge in [-0.15, -0.1) is 0 Å². The minimum Gasteiger partial charge on any atom is -0.743 e. The molecule has 0 amide bonds. The summed E-state index contributed by atoms with van der Waals surface area (Å²) in [6, 6.07) is 7.43. The molecule has 0 aliphatic carbocycles. The zero-order valence-electron chi connectivity index (χ0n) is 8.77. The Kier molecular flexibility index (Phi) is 6.02. The zero-order valence-corrected chi connectivity index (χ0v) is 12.4. The van der Waals surface area contributed by atoms with Gasteiger partial charge in [-0.2, -0.15) is 8.42 Å². The maximum atomic E-state index is 10.7. The molecule has 0 fully saturated rings. The predicted molar refractivity (Wildman–Crippen MR) is 55.7 cm³/mol. The fourth-order valence-electron chi connectivity index (χ4n) is 0.961. The topological polar surface area (TPSA) is 112 Å². The molecule has 0 saturated carbocycles. The van der Waals surface area contributed by atoms with Crippen LogP contribution in [-0.4, -0.2) is 25.9 Å². The van der Waals surface area contributed by atoms with E-state index >= 15 is 0 Å². The van der Waals surface area contributed by atoms with Crippen LogP contribution in [-0.2, 0) is 20.2 Å². The van der Waals surface area contributed by atoms with E-state index in [9.17, 15) is 21.4 Å². The smallest absolute Gasteiger partial charge is 0.743 e. The van der Waals surface area contributed by atoms with E-state index in [0.29, 0.717) is 6.08 Å². The van der Waals surface area contributed by atoms with Crippen molar-refractivity contribution in [3.05, 3.63) is 40.1 Å². The van der Waals surface area contributed by atoms with Crippen LogP contribution in [0.3, 0.4) is 0 Å². The van der Waals surface area contributed by atoms with E-state index in [-0.39, 0.29) is 35.1 Å². The Morgan fingerprint density at radius 1 is 1.12 bits per heavy atom. The Bertz CT molecular complexity index is 569. The van der Waals surface area contributed by atoms with Crippen LogP contribution >= 0.6 is 0 Å². The maximum Gasteiger partial charge on any atom is 1.00 e. The Labute approximate surface area is 121 Å². The molecule has 1 N–H and O–H groups in total. The van der Waals surface area contributed by atoms with Crippen molar-refractivity contribution in [3.63, 3.8) is 0 Å². The molecule has 17 heavy (non-hydrogen) atoms. The minimum atomic E-state index is -5.25. The van der Waals surface area contributed by atoms with Crippen LogP contribution in [0.5, 0.6) is 0 Å². The van der Waals surface area contributed by atoms with Gasteiger partial charge in [-0.25, -0.2) is 8.42 Å². The van der Waals surface area contributed by atoms with Gasteiger partial charge in [-0.05, 0) is 11.6 Å². The van der Waals surface area contributed by atoms with Gasteiger partial charge >= 0.3 is 39.7 Å². The third kappa shape index (κ3) is 5.30. The summed E-state index contributed by atoms with van der Waals surface area (Å²) in [6.07, 6.45) is 0.595. The monoisotopic (exact) mass is 286 g/mol. The van der Waals surface area contributed by atoms with Gasteiger partial charge in [-0.3, -0.25) is 4.55 Å². The molecule has 0 bridgehead atoms. The van der Waals surface area contributed by atoms with Gasteiger partial charge in [0, 0.05) is 0 Å². The Balaban J connectivity index is 0.00000256. The second-order valence-corrected chi connectivity index (χ2v) is 5.80. The first-order valence-corrected chi connectivity index (χ1v) is 6.76. The van der Waals surface area contributed by atoms with E-state index < -0.39 is 24.5 Å². The standard InChI is InChI=1S/C8H8O6S2.Na/c9-15(10,11)8(16(12,13)14)6-7-4-2-1-3-5-7;/h1-6H,(H,9,10,11)(H,12,13,14);/q;+1/p-1. The Hall–Kier alpha value is -0.220. The first kappa shape index (κ1) is 16.8. The maximum absolute atomic E-state index is 10.7. The molecular weight excluding hydrogens is 279 g/mol. The van der Waals surface area contributed by atoms with Gasteiger partial charge < -0.3 is 4.55 Å². The molecule has 1 rings (SSSR count). The van der Waals surface area contributed by atoms with E-state index in [1.54, 1.807) is 6.07 Å². The summed E-state index contributed by atoms with van der Waals surface area (Å²) in [5.41, 5.74) is 0.176. The number of hydrogen-bond donors (Lipinski definition) is 1. The molecule has 0 saturated heterocycles. The molecule has 0 radical (unpaired) electrons. The fourth-order valence-corrected chi connectivity index (χ4v) is 2.56. The SMILES string of the molecule is O=S(=O)([O-])C(=Cc1ccccc1)S(=O)(=O)O.[Na+]. The molecular formula is C8H7NaO6S2. The zero-order chi connectivity index (χ0) is 12.4. The van der Waals surface area contributed by atoms with E-state index in [0.717, 1.165) is 0 Å². The summed E-state index contributed by atoms with van der Waals surface area (Å²) in [5.74, 6) is 0. The third-order valence-corrected chi connectivity index (χ3v) is 4.07. The van der Waals surface area contributed by atoms with Crippen molar-refractivity contribution in [3.8, 4) is 0 Å². The minimum absolute atomic E-state index is 0. The summed E-state index contributed by atoms with van der Waals surface area (Å²) in [7, 11) is -10.3. The quantitative estimate of drug-likeness (QED) is 0.482. The number of hydrogen-bond acceptors (Lipinski definition) is 5. The van der Waals surface area contributed by atoms with Crippen molar-refractivity contribution >= 4 is 26.3 Å². The van der Waals surface area contributed by atoms with Crippen LogP contribution in [0.25, 0.3) is 6.08 Å². The van der Waals surface area contributed by atoms with Crippen LogP contribution in [0.1, 0.15) is 5.56 Å². The molecule has 0 aliphatic heterocycles. The molecule has 9 heteroatoms. The normalized spacial score (nSPS) is 12.9. The van der Waals surface area contributed by atoms with Gasteiger partial charge in [0.05, 0.1) is 0 Å². The van der Waals surface area contributed by atoms with Crippen molar-refractivity contribution in [2.24, 2.45) is 0 Å². The summed E-state index contributed by atoms with van der Waals surface area (Å²) < 4.78 is 60.3. The summed E-state index contributed by atoms with van der Waals surface area (Å²) in [4.78, 5) is 0. The largest absolute Gasteiger partial charge is 1.00 e. The molecule has 0 unspecified atom stereocenters. The number of benzene rings is 1. The Morgan fingerprint density at radius 3 is 1.94 bits per heavy atom. The van der Waals surface area contributed by atoms with Gasteiger partial charge in [0.1, 0.15) is 10.1 Å². The van der Waals surface area contributed by atoms with Gasteiger partial charge in [0.15, 0.2) is 4.24 Å². The van der Waals surface area contributed by atoms with Crippen molar-refractivity contribution in [2.45, 2.75) is 0 Å². The average Bonchev–Trinajstić information content (AvgIpc) is 2.12. The van der Waals surface area contributed by atoms with E-state index in [1.807, 2.05) is 0 Å². The van der Waals surface area contributed by atoms with Gasteiger partial charge in [0.2, 0.25) is 0 Å². The summed E-state index contributed by atoms with van der Waals surface area (Å²) in [6.45, 7) is 0. The third-order valence-electron chi connectivity index (χ3n) is 1.58. The second-order valence-electron chi connectivity index (χ2n) is 2.80. The molecule has 0 atom stereocenters. The van der Waals surface area contributed by atoms with Crippen molar-refractivity contribution in [2.75, 3.05) is 0 Å². The van der Waals surface area contributed by atoms with Crippen LogP contribution in [0, 0.1) is 0 Å². The fraction of sp³-hybridized carbons (Fsp3) is 0. The van der Waals surface area contributed by atoms with E-state index in [2.05, 4.69) is 0 Å². The molecule has 0 aliphatic rings. The van der Waals surface area contributed by atoms with Crippen LogP contribution < -0.4 is 29.6 Å². The second kappa shape index (κ2) is 6.10. The molecule has 0 aromatic heterocycles. The van der Waals surface area contributed by atoms with Crippen molar-refractivity contribution in [1.82, 2.24) is 0 Å². The molecule has 1 aromatic rings. The Morgan fingerprint density at radius 2 is 1.59 bits per heavy atom.